The van der Waals surface area contributed by atoms with Gasteiger partial charge in [-0.05, 0) is 83.5 Å². The fourth-order valence-corrected chi connectivity index (χ4v) is 12.0. The molecule has 11 nitrogen and oxygen atoms in total. The SMILES string of the molecule is CCCCC/C=C\C/C=C\CCCCCCCCCCCCCC(=O)OC1C(OCC(NC(=O)C(O)CCCCCCCCCCCCCCCCCC/C=C/CCCCCCCC)C(O)/C=C/CCCCCCCCCCCC)OC(CO)C(O)C1O. The Labute approximate surface area is 542 Å². The maximum absolute atomic E-state index is 13.5. The predicted octanol–water partition coefficient (Wildman–Crippen LogP) is 19.9. The Hall–Kier alpha value is -2.38. The second-order valence-corrected chi connectivity index (χ2v) is 26.4. The highest BCUT2D eigenvalue weighted by Crippen LogP contribution is 2.27. The number of hydrogen-bond donors (Lipinski definition) is 6. The molecule has 1 aliphatic rings. The fraction of sp³-hybridized carbons (Fsp3) is 0.870. The van der Waals surface area contributed by atoms with Crippen LogP contribution in [0.5, 0.6) is 0 Å². The largest absolute Gasteiger partial charge is 0.454 e. The zero-order chi connectivity index (χ0) is 63.9. The molecule has 0 aliphatic carbocycles. The van der Waals surface area contributed by atoms with Gasteiger partial charge in [-0.15, -0.1) is 0 Å². The number of unbranched alkanes of at least 4 members (excludes halogenated alkanes) is 46. The Morgan fingerprint density at radius 1 is 0.443 bits per heavy atom. The molecule has 11 heteroatoms. The smallest absolute Gasteiger partial charge is 0.306 e. The van der Waals surface area contributed by atoms with Gasteiger partial charge in [0.15, 0.2) is 12.4 Å². The van der Waals surface area contributed by atoms with E-state index in [1.807, 2.05) is 6.08 Å². The number of esters is 1. The number of nitrogens with one attached hydrogen (secondary N) is 1. The summed E-state index contributed by atoms with van der Waals surface area (Å²) >= 11 is 0. The van der Waals surface area contributed by atoms with Crippen LogP contribution in [0.2, 0.25) is 0 Å². The third-order valence-electron chi connectivity index (χ3n) is 18.0. The highest BCUT2D eigenvalue weighted by atomic mass is 16.7. The Morgan fingerprint density at radius 3 is 1.19 bits per heavy atom. The van der Waals surface area contributed by atoms with Crippen LogP contribution in [0.25, 0.3) is 0 Å². The molecule has 0 aromatic rings. The van der Waals surface area contributed by atoms with E-state index in [1.165, 1.54) is 257 Å². The van der Waals surface area contributed by atoms with E-state index in [0.717, 1.165) is 64.2 Å². The van der Waals surface area contributed by atoms with Gasteiger partial charge < -0.3 is 45.1 Å². The van der Waals surface area contributed by atoms with Gasteiger partial charge in [0.25, 0.3) is 0 Å². The fourth-order valence-electron chi connectivity index (χ4n) is 12.0. The van der Waals surface area contributed by atoms with Crippen LogP contribution in [-0.2, 0) is 23.8 Å². The summed E-state index contributed by atoms with van der Waals surface area (Å²) in [4.78, 5) is 26.7. The topological polar surface area (TPSA) is 175 Å². The molecule has 516 valence electrons. The number of rotatable bonds is 66. The maximum atomic E-state index is 13.5. The Kier molecular flexibility index (Phi) is 61.5. The van der Waals surface area contributed by atoms with Crippen LogP contribution in [0, 0.1) is 0 Å². The van der Waals surface area contributed by atoms with E-state index < -0.39 is 67.4 Å². The maximum Gasteiger partial charge on any atom is 0.306 e. The number of ether oxygens (including phenoxy) is 3. The molecule has 1 saturated heterocycles. The summed E-state index contributed by atoms with van der Waals surface area (Å²) in [7, 11) is 0. The van der Waals surface area contributed by atoms with Crippen molar-refractivity contribution in [3.05, 3.63) is 48.6 Å². The van der Waals surface area contributed by atoms with Gasteiger partial charge in [0, 0.05) is 6.42 Å². The molecule has 8 atom stereocenters. The minimum absolute atomic E-state index is 0.123. The van der Waals surface area contributed by atoms with Crippen molar-refractivity contribution in [3.8, 4) is 0 Å². The summed E-state index contributed by atoms with van der Waals surface area (Å²) in [5, 5.41) is 57.3. The van der Waals surface area contributed by atoms with Crippen LogP contribution in [0.4, 0.5) is 0 Å². The Bertz CT molecular complexity index is 1620. The highest BCUT2D eigenvalue weighted by molar-refractivity contribution is 5.80. The van der Waals surface area contributed by atoms with Gasteiger partial charge >= 0.3 is 5.97 Å². The van der Waals surface area contributed by atoms with Crippen molar-refractivity contribution in [1.29, 1.82) is 0 Å². The van der Waals surface area contributed by atoms with Crippen molar-refractivity contribution < 1.29 is 49.3 Å². The third-order valence-corrected chi connectivity index (χ3v) is 18.0. The summed E-state index contributed by atoms with van der Waals surface area (Å²) in [5.41, 5.74) is 0. The molecule has 0 spiro atoms. The number of amides is 1. The van der Waals surface area contributed by atoms with E-state index in [4.69, 9.17) is 14.2 Å². The first-order valence-corrected chi connectivity index (χ1v) is 37.9. The van der Waals surface area contributed by atoms with E-state index in [-0.39, 0.29) is 13.0 Å². The molecule has 88 heavy (non-hydrogen) atoms. The van der Waals surface area contributed by atoms with Crippen LogP contribution in [0.15, 0.2) is 48.6 Å². The summed E-state index contributed by atoms with van der Waals surface area (Å²) in [5.74, 6) is -1.18. The highest BCUT2D eigenvalue weighted by Gasteiger charge is 2.47. The van der Waals surface area contributed by atoms with Crippen molar-refractivity contribution in [2.45, 2.75) is 416 Å². The summed E-state index contributed by atoms with van der Waals surface area (Å²) in [6.07, 6.45) is 71.6. The average Bonchev–Trinajstić information content (AvgIpc) is 1.36. The van der Waals surface area contributed by atoms with Crippen LogP contribution in [0.1, 0.15) is 367 Å². The number of aliphatic hydroxyl groups is 5. The second-order valence-electron chi connectivity index (χ2n) is 26.4. The first-order chi connectivity index (χ1) is 43.2. The van der Waals surface area contributed by atoms with E-state index in [9.17, 15) is 35.1 Å². The molecule has 0 aromatic heterocycles. The first-order valence-electron chi connectivity index (χ1n) is 37.9. The van der Waals surface area contributed by atoms with Gasteiger partial charge in [-0.25, -0.2) is 0 Å². The number of aliphatic hydroxyl groups excluding tert-OH is 5. The minimum Gasteiger partial charge on any atom is -0.454 e. The monoisotopic (exact) mass is 1240 g/mol. The van der Waals surface area contributed by atoms with Gasteiger partial charge in [-0.1, -0.05) is 326 Å². The molecule has 1 rings (SSSR count). The van der Waals surface area contributed by atoms with Gasteiger partial charge in [0.05, 0.1) is 25.4 Å². The molecule has 1 aliphatic heterocycles. The molecule has 0 saturated carbocycles. The van der Waals surface area contributed by atoms with Gasteiger partial charge in [0.1, 0.15) is 24.4 Å². The molecule has 1 amide bonds. The van der Waals surface area contributed by atoms with E-state index in [2.05, 4.69) is 62.5 Å². The number of carbonyl (C=O) groups is 2. The molecule has 1 fully saturated rings. The summed E-state index contributed by atoms with van der Waals surface area (Å²) < 4.78 is 17.7. The lowest BCUT2D eigenvalue weighted by Crippen LogP contribution is -2.61. The lowest BCUT2D eigenvalue weighted by Gasteiger charge is -2.41. The lowest BCUT2D eigenvalue weighted by molar-refractivity contribution is -0.305. The zero-order valence-corrected chi connectivity index (χ0v) is 57.6. The van der Waals surface area contributed by atoms with Crippen LogP contribution in [0.3, 0.4) is 0 Å². The van der Waals surface area contributed by atoms with E-state index >= 15 is 0 Å². The standard InChI is InChI=1S/C77H143NO10/c1-4-7-10-13-16-19-22-25-27-29-31-33-34-35-36-37-39-40-42-44-46-49-52-55-58-61-64-70(81)76(85)78-68(69(80)63-60-57-54-51-48-24-21-18-15-12-9-6-3)67-86-77-75(74(84)73(83)71(66-79)87-77)88-72(82)65-62-59-56-53-50-47-45-43-41-38-32-30-28-26-23-20-17-14-11-8-5-2/h17,20,25-28,60,63,68-71,73-75,77,79-81,83-84H,4-16,18-19,21-24,29-59,61-62,64-67H2,1-3H3,(H,78,85)/b20-17-,27-25+,28-26-,63-60+. The molecule has 0 bridgehead atoms. The van der Waals surface area contributed by atoms with Crippen LogP contribution in [-0.4, -0.2) is 99.6 Å². The van der Waals surface area contributed by atoms with Crippen LogP contribution >= 0.6 is 0 Å². The second kappa shape index (κ2) is 64.7. The number of hydrogen-bond acceptors (Lipinski definition) is 10. The lowest BCUT2D eigenvalue weighted by atomic mass is 9.99. The van der Waals surface area contributed by atoms with Gasteiger partial charge in [-0.3, -0.25) is 9.59 Å². The molecular weight excluding hydrogens is 1100 g/mol. The van der Waals surface area contributed by atoms with Crippen molar-refractivity contribution in [1.82, 2.24) is 5.32 Å². The zero-order valence-electron chi connectivity index (χ0n) is 57.6. The molecule has 6 N–H and O–H groups in total. The first kappa shape index (κ1) is 83.6. The Balaban J connectivity index is 2.52. The normalized spacial score (nSPS) is 18.4. The molecular formula is C77H143NO10. The number of allylic oxidation sites excluding steroid dienone is 7. The summed E-state index contributed by atoms with van der Waals surface area (Å²) in [6, 6.07) is -1.02. The molecule has 0 radical (unpaired) electrons. The van der Waals surface area contributed by atoms with Gasteiger partial charge in [-0.2, -0.15) is 0 Å². The van der Waals surface area contributed by atoms with Crippen molar-refractivity contribution in [3.63, 3.8) is 0 Å². The average molecular weight is 1240 g/mol. The summed E-state index contributed by atoms with van der Waals surface area (Å²) in [6.45, 7) is 5.82. The third kappa shape index (κ3) is 51.2. The molecule has 0 aromatic carbocycles. The van der Waals surface area contributed by atoms with E-state index in [0.29, 0.717) is 19.3 Å². The minimum atomic E-state index is -1.61. The van der Waals surface area contributed by atoms with Crippen molar-refractivity contribution in [2.75, 3.05) is 13.2 Å². The predicted molar refractivity (Wildman–Crippen MR) is 370 cm³/mol. The Morgan fingerprint density at radius 2 is 0.784 bits per heavy atom. The van der Waals surface area contributed by atoms with Crippen LogP contribution < -0.4 is 5.32 Å². The molecule has 8 unspecified atom stereocenters. The van der Waals surface area contributed by atoms with Crippen molar-refractivity contribution in [2.24, 2.45) is 0 Å². The quantitative estimate of drug-likeness (QED) is 0.0195. The van der Waals surface area contributed by atoms with Crippen molar-refractivity contribution >= 4 is 11.9 Å². The molecule has 1 heterocycles. The van der Waals surface area contributed by atoms with E-state index in [1.54, 1.807) is 6.08 Å². The van der Waals surface area contributed by atoms with Gasteiger partial charge in [0.2, 0.25) is 5.91 Å². The number of carbonyl (C=O) groups excluding carboxylic acids is 2.